The van der Waals surface area contributed by atoms with Gasteiger partial charge < -0.3 is 15.0 Å². The number of hydrogen-bond acceptors (Lipinski definition) is 5. The van der Waals surface area contributed by atoms with Crippen molar-refractivity contribution < 1.29 is 17.9 Å². The average Bonchev–Trinajstić information content (AvgIpc) is 3.23. The lowest BCUT2D eigenvalue weighted by Gasteiger charge is -2.24. The van der Waals surface area contributed by atoms with Crippen LogP contribution in [0.1, 0.15) is 25.6 Å². The number of likely N-dealkylation sites (tertiary alicyclic amines) is 1. The van der Waals surface area contributed by atoms with Crippen molar-refractivity contribution in [3.63, 3.8) is 0 Å². The molecule has 2 amide bonds. The van der Waals surface area contributed by atoms with Gasteiger partial charge in [-0.25, -0.2) is 13.2 Å². The molecule has 0 radical (unpaired) electrons. The number of nitrogens with one attached hydrogen (secondary N) is 1. The Morgan fingerprint density at radius 2 is 2.17 bits per heavy atom. The van der Waals surface area contributed by atoms with Gasteiger partial charge in [-0.3, -0.25) is 0 Å². The summed E-state index contributed by atoms with van der Waals surface area (Å²) in [5, 5.41) is 2.92. The van der Waals surface area contributed by atoms with Gasteiger partial charge in [-0.05, 0) is 17.5 Å². The van der Waals surface area contributed by atoms with Crippen LogP contribution in [0.3, 0.4) is 0 Å². The largest absolute Gasteiger partial charge is 0.379 e. The van der Waals surface area contributed by atoms with E-state index in [4.69, 9.17) is 4.74 Å². The van der Waals surface area contributed by atoms with E-state index >= 15 is 0 Å². The summed E-state index contributed by atoms with van der Waals surface area (Å²) in [4.78, 5) is 15.3. The predicted octanol–water partition coefficient (Wildman–Crippen LogP) is 2.11. The molecular formula is C16H24N2O4S2. The van der Waals surface area contributed by atoms with Gasteiger partial charge in [0, 0.05) is 17.3 Å². The molecule has 2 saturated heterocycles. The highest BCUT2D eigenvalue weighted by Gasteiger charge is 2.51. The first-order valence-corrected chi connectivity index (χ1v) is 10.6. The lowest BCUT2D eigenvalue weighted by atomic mass is 9.80. The monoisotopic (exact) mass is 372 g/mol. The van der Waals surface area contributed by atoms with Gasteiger partial charge >= 0.3 is 6.03 Å². The fourth-order valence-electron chi connectivity index (χ4n) is 3.52. The van der Waals surface area contributed by atoms with E-state index in [0.717, 1.165) is 11.4 Å². The molecule has 2 aliphatic rings. The molecule has 0 aromatic carbocycles. The molecule has 0 saturated carbocycles. The molecule has 6 nitrogen and oxygen atoms in total. The number of urea groups is 1. The summed E-state index contributed by atoms with van der Waals surface area (Å²) < 4.78 is 29.6. The van der Waals surface area contributed by atoms with Gasteiger partial charge in [-0.2, -0.15) is 0 Å². The summed E-state index contributed by atoms with van der Waals surface area (Å²) >= 11 is 1.22. The molecule has 2 aliphatic heterocycles. The van der Waals surface area contributed by atoms with Crippen molar-refractivity contribution in [3.8, 4) is 0 Å². The van der Waals surface area contributed by atoms with Crippen LogP contribution >= 0.6 is 11.3 Å². The van der Waals surface area contributed by atoms with E-state index in [1.54, 1.807) is 19.1 Å². The zero-order valence-corrected chi connectivity index (χ0v) is 15.9. The van der Waals surface area contributed by atoms with E-state index in [9.17, 15) is 13.2 Å². The molecule has 0 spiro atoms. The molecule has 3 rings (SSSR count). The first-order valence-electron chi connectivity index (χ1n) is 8.18. The second-order valence-corrected chi connectivity index (χ2v) is 10.8. The van der Waals surface area contributed by atoms with Gasteiger partial charge in [0.2, 0.25) is 0 Å². The standard InChI is InChI=1S/C16H24N2O4S2/c1-4-24(20,21)14-6-5-11(23-14)7-17-15(19)18-10-16(2,3)12-8-22-9-13(12)18/h5-6,12-13H,4,7-10H2,1-3H3,(H,17,19)/t12-,13+/m1/s1. The maximum Gasteiger partial charge on any atom is 0.318 e. The molecule has 2 atom stereocenters. The molecule has 1 N–H and O–H groups in total. The van der Waals surface area contributed by atoms with E-state index < -0.39 is 9.84 Å². The van der Waals surface area contributed by atoms with Crippen molar-refractivity contribution in [2.24, 2.45) is 11.3 Å². The van der Waals surface area contributed by atoms with Crippen LogP contribution in [0.15, 0.2) is 16.3 Å². The quantitative estimate of drug-likeness (QED) is 0.878. The smallest absolute Gasteiger partial charge is 0.318 e. The zero-order valence-electron chi connectivity index (χ0n) is 14.2. The van der Waals surface area contributed by atoms with Crippen LogP contribution in [-0.4, -0.2) is 50.9 Å². The van der Waals surface area contributed by atoms with Gasteiger partial charge in [-0.1, -0.05) is 20.8 Å². The third-order valence-corrected chi connectivity index (χ3v) is 8.43. The van der Waals surface area contributed by atoms with E-state index in [1.165, 1.54) is 11.3 Å². The van der Waals surface area contributed by atoms with Crippen LogP contribution in [0.4, 0.5) is 4.79 Å². The fraction of sp³-hybridized carbons (Fsp3) is 0.688. The molecule has 2 fully saturated rings. The highest BCUT2D eigenvalue weighted by Crippen LogP contribution is 2.43. The number of amides is 2. The lowest BCUT2D eigenvalue weighted by molar-refractivity contribution is 0.124. The van der Waals surface area contributed by atoms with Crippen molar-refractivity contribution in [2.45, 2.75) is 37.6 Å². The third-order valence-electron chi connectivity index (χ3n) is 5.03. The average molecular weight is 373 g/mol. The van der Waals surface area contributed by atoms with Crippen molar-refractivity contribution in [3.05, 3.63) is 17.0 Å². The summed E-state index contributed by atoms with van der Waals surface area (Å²) in [6.45, 7) is 8.35. The molecule has 134 valence electrons. The Balaban J connectivity index is 1.62. The molecule has 24 heavy (non-hydrogen) atoms. The van der Waals surface area contributed by atoms with Gasteiger partial charge in [-0.15, -0.1) is 11.3 Å². The first-order chi connectivity index (χ1) is 11.2. The van der Waals surface area contributed by atoms with E-state index in [0.29, 0.717) is 29.9 Å². The summed E-state index contributed by atoms with van der Waals surface area (Å²) in [5.74, 6) is 0.469. The number of carbonyl (C=O) groups excluding carboxylic acids is 1. The minimum absolute atomic E-state index is 0.0593. The van der Waals surface area contributed by atoms with Crippen LogP contribution in [0, 0.1) is 11.3 Å². The summed E-state index contributed by atoms with van der Waals surface area (Å²) in [6, 6.07) is 3.42. The van der Waals surface area contributed by atoms with Crippen LogP contribution in [0.2, 0.25) is 0 Å². The van der Waals surface area contributed by atoms with Gasteiger partial charge in [0.15, 0.2) is 9.84 Å². The van der Waals surface area contributed by atoms with Crippen molar-refractivity contribution in [1.82, 2.24) is 10.2 Å². The minimum atomic E-state index is -3.18. The number of fused-ring (bicyclic) bond motifs is 1. The molecule has 8 heteroatoms. The predicted molar refractivity (Wildman–Crippen MR) is 92.9 cm³/mol. The molecule has 0 bridgehead atoms. The second-order valence-electron chi connectivity index (χ2n) is 7.11. The van der Waals surface area contributed by atoms with Crippen LogP contribution in [0.25, 0.3) is 0 Å². The van der Waals surface area contributed by atoms with E-state index in [-0.39, 0.29) is 23.2 Å². The Kier molecular flexibility index (Phi) is 4.65. The summed E-state index contributed by atoms with van der Waals surface area (Å²) in [5.41, 5.74) is 0.0593. The maximum absolute atomic E-state index is 12.6. The number of rotatable bonds is 4. The Bertz CT molecular complexity index is 726. The molecule has 3 heterocycles. The highest BCUT2D eigenvalue weighted by atomic mass is 32.2. The number of sulfone groups is 1. The second kappa shape index (κ2) is 6.31. The van der Waals surface area contributed by atoms with Gasteiger partial charge in [0.05, 0.1) is 31.6 Å². The Labute approximate surface area is 147 Å². The molecule has 1 aromatic rings. The van der Waals surface area contributed by atoms with Crippen LogP contribution < -0.4 is 5.32 Å². The van der Waals surface area contributed by atoms with Gasteiger partial charge in [0.1, 0.15) is 4.21 Å². The third kappa shape index (κ3) is 3.19. The fourth-order valence-corrected chi connectivity index (χ4v) is 5.94. The minimum Gasteiger partial charge on any atom is -0.379 e. The topological polar surface area (TPSA) is 75.7 Å². The zero-order chi connectivity index (χ0) is 17.5. The molecular weight excluding hydrogens is 348 g/mol. The number of nitrogens with zero attached hydrogens (tertiary/aromatic N) is 1. The van der Waals surface area contributed by atoms with E-state index in [2.05, 4.69) is 19.2 Å². The Morgan fingerprint density at radius 3 is 2.88 bits per heavy atom. The number of ether oxygens (including phenoxy) is 1. The number of carbonyl (C=O) groups is 1. The summed E-state index contributed by atoms with van der Waals surface area (Å²) in [7, 11) is -3.18. The van der Waals surface area contributed by atoms with Crippen molar-refractivity contribution >= 4 is 27.2 Å². The van der Waals surface area contributed by atoms with Crippen LogP contribution in [-0.2, 0) is 21.1 Å². The SMILES string of the molecule is CCS(=O)(=O)c1ccc(CNC(=O)N2CC(C)(C)[C@@H]3COC[C@@H]32)s1. The van der Waals surface area contributed by atoms with Crippen molar-refractivity contribution in [2.75, 3.05) is 25.5 Å². The maximum atomic E-state index is 12.6. The molecule has 1 aromatic heterocycles. The van der Waals surface area contributed by atoms with Gasteiger partial charge in [0.25, 0.3) is 0 Å². The number of thiophene rings is 1. The first kappa shape index (κ1) is 17.7. The molecule has 0 unspecified atom stereocenters. The lowest BCUT2D eigenvalue weighted by Crippen LogP contribution is -2.44. The molecule has 0 aliphatic carbocycles. The number of hydrogen-bond donors (Lipinski definition) is 1. The highest BCUT2D eigenvalue weighted by molar-refractivity contribution is 7.93. The van der Waals surface area contributed by atoms with Crippen molar-refractivity contribution in [1.29, 1.82) is 0 Å². The van der Waals surface area contributed by atoms with E-state index in [1.807, 2.05) is 4.90 Å². The Morgan fingerprint density at radius 1 is 1.42 bits per heavy atom. The summed E-state index contributed by atoms with van der Waals surface area (Å²) in [6.07, 6.45) is 0. The van der Waals surface area contributed by atoms with Crippen LogP contribution in [0.5, 0.6) is 0 Å². The Hall–Kier alpha value is -1.12. The normalized spacial score (nSPS) is 25.7.